The summed E-state index contributed by atoms with van der Waals surface area (Å²) >= 11 is 6.06. The number of nitrogens with two attached hydrogens (primary N) is 1. The van der Waals surface area contributed by atoms with Gasteiger partial charge in [-0.15, -0.1) is 0 Å². The fourth-order valence-corrected chi connectivity index (χ4v) is 2.85. The van der Waals surface area contributed by atoms with E-state index in [-0.39, 0.29) is 92.9 Å². The van der Waals surface area contributed by atoms with Gasteiger partial charge >= 0.3 is 43.7 Å². The molecule has 0 amide bonds. The molecule has 0 saturated heterocycles. The molecule has 37 heavy (non-hydrogen) atoms. The van der Waals surface area contributed by atoms with Gasteiger partial charge in [-0.2, -0.15) is 0 Å². The minimum absolute atomic E-state index is 0. The SMILES string of the molecule is CC(=O)/C=[N+](\[O-])Cc1cccc(Br)c1F.COC(=O)C(O)OC.NOCc1cccc(Br)c1F.[Ca+2].[Cl-].[Cl-]. The first kappa shape index (κ1) is 43.6. The second-order valence-corrected chi connectivity index (χ2v) is 7.87. The van der Waals surface area contributed by atoms with Crippen molar-refractivity contribution in [2.75, 3.05) is 14.2 Å². The van der Waals surface area contributed by atoms with Gasteiger partial charge in [0.1, 0.15) is 11.6 Å². The van der Waals surface area contributed by atoms with E-state index in [1.165, 1.54) is 27.2 Å². The van der Waals surface area contributed by atoms with Crippen LogP contribution in [0.1, 0.15) is 18.1 Å². The molecule has 0 aromatic heterocycles. The van der Waals surface area contributed by atoms with E-state index in [0.29, 0.717) is 19.2 Å². The summed E-state index contributed by atoms with van der Waals surface area (Å²) in [6.45, 7) is 1.18. The van der Waals surface area contributed by atoms with Crippen molar-refractivity contribution in [1.29, 1.82) is 0 Å². The molecule has 0 aliphatic rings. The van der Waals surface area contributed by atoms with E-state index in [9.17, 15) is 23.6 Å². The molecule has 0 aliphatic heterocycles. The van der Waals surface area contributed by atoms with E-state index < -0.39 is 18.1 Å². The molecule has 3 N–H and O–H groups in total. The van der Waals surface area contributed by atoms with Gasteiger partial charge in [-0.3, -0.25) is 9.63 Å². The fourth-order valence-electron chi connectivity index (χ4n) is 2.03. The molecule has 2 rings (SSSR count). The van der Waals surface area contributed by atoms with Crippen LogP contribution in [0.5, 0.6) is 0 Å². The van der Waals surface area contributed by atoms with E-state index in [4.69, 9.17) is 11.0 Å². The van der Waals surface area contributed by atoms with Crippen molar-refractivity contribution in [2.45, 2.75) is 26.4 Å². The molecule has 0 aliphatic carbocycles. The third-order valence-electron chi connectivity index (χ3n) is 3.58. The van der Waals surface area contributed by atoms with Crippen molar-refractivity contribution in [2.24, 2.45) is 5.90 Å². The Kier molecular flexibility index (Phi) is 29.0. The van der Waals surface area contributed by atoms with Gasteiger partial charge < -0.3 is 44.6 Å². The molecule has 0 radical (unpaired) electrons. The number of hydrogen-bond donors (Lipinski definition) is 2. The number of halogens is 6. The van der Waals surface area contributed by atoms with Gasteiger partial charge in [-0.25, -0.2) is 24.2 Å². The summed E-state index contributed by atoms with van der Waals surface area (Å²) in [5.41, 5.74) is 0.693. The number of nitrogens with zero attached hydrogens (tertiary/aromatic N) is 1. The average Bonchev–Trinajstić information content (AvgIpc) is 2.79. The van der Waals surface area contributed by atoms with Crippen molar-refractivity contribution in [3.05, 3.63) is 73.3 Å². The molecular formula is C21H24Br2CaCl2F2N2O7. The standard InChI is InChI=1S/C10H9BrFNO2.C7H7BrFNO.C4H8O4.Ca.2ClH/c1-7(14)5-13(15)6-8-3-2-4-9(11)10(8)12;8-6-3-1-2-5(4-11-10)7(6)9;1-7-3(5)4(6)8-2;;;/h2-5H,6H2,1H3;1-3H,4,10H2;3,5H,1-2H3;;2*1H/q;;;+2;;/p-2/b13-5-;;;;;. The predicted octanol–water partition coefficient (Wildman–Crippen LogP) is -3.01. The fraction of sp³-hybridized carbons (Fsp3) is 0.286. The molecule has 0 bridgehead atoms. The number of methoxy groups -OCH3 is 2. The van der Waals surface area contributed by atoms with E-state index >= 15 is 0 Å². The number of esters is 1. The van der Waals surface area contributed by atoms with Gasteiger partial charge in [0, 0.05) is 19.6 Å². The van der Waals surface area contributed by atoms with Crippen LogP contribution in [-0.4, -0.2) is 86.1 Å². The first-order valence-corrected chi connectivity index (χ1v) is 10.8. The molecule has 9 nitrogen and oxygen atoms in total. The minimum Gasteiger partial charge on any atom is -1.00 e. The van der Waals surface area contributed by atoms with Crippen LogP contribution in [0.3, 0.4) is 0 Å². The van der Waals surface area contributed by atoms with Crippen LogP contribution in [0.4, 0.5) is 8.78 Å². The van der Waals surface area contributed by atoms with E-state index in [0.717, 1.165) is 6.21 Å². The number of aliphatic hydroxyl groups excluding tert-OH is 1. The zero-order valence-corrected chi connectivity index (χ0v) is 26.8. The number of ether oxygens (including phenoxy) is 2. The van der Waals surface area contributed by atoms with E-state index in [1.54, 1.807) is 30.3 Å². The molecule has 0 heterocycles. The number of carbonyl (C=O) groups excluding carboxylic acids is 2. The predicted molar refractivity (Wildman–Crippen MR) is 132 cm³/mol. The number of carbonyl (C=O) groups is 2. The minimum atomic E-state index is -1.44. The summed E-state index contributed by atoms with van der Waals surface area (Å²) < 4.78 is 35.8. The van der Waals surface area contributed by atoms with Crippen molar-refractivity contribution in [1.82, 2.24) is 0 Å². The number of aliphatic hydroxyl groups is 1. The Bertz CT molecular complexity index is 996. The third kappa shape index (κ3) is 18.5. The quantitative estimate of drug-likeness (QED) is 0.0588. The Morgan fingerprint density at radius 2 is 1.54 bits per heavy atom. The largest absolute Gasteiger partial charge is 2.00 e. The summed E-state index contributed by atoms with van der Waals surface area (Å²) in [6, 6.07) is 9.63. The molecule has 204 valence electrons. The summed E-state index contributed by atoms with van der Waals surface area (Å²) in [5.74, 6) is 2.85. The Balaban J connectivity index is -0.000000222. The van der Waals surface area contributed by atoms with E-state index in [1.807, 2.05) is 0 Å². The van der Waals surface area contributed by atoms with Crippen LogP contribution in [0.15, 0.2) is 45.3 Å². The van der Waals surface area contributed by atoms with E-state index in [2.05, 4.69) is 46.2 Å². The summed E-state index contributed by atoms with van der Waals surface area (Å²) in [7, 11) is 2.38. The topological polar surface area (TPSA) is 134 Å². The van der Waals surface area contributed by atoms with Gasteiger partial charge in [0.05, 0.1) is 28.2 Å². The number of benzene rings is 2. The molecule has 2 aromatic rings. The van der Waals surface area contributed by atoms with Crippen LogP contribution in [-0.2, 0) is 37.1 Å². The zero-order valence-electron chi connectivity index (χ0n) is 19.9. The zero-order chi connectivity index (χ0) is 26.3. The molecule has 16 heteroatoms. The Hall–Kier alpha value is -0.450. The number of ketones is 1. The number of rotatable bonds is 7. The van der Waals surface area contributed by atoms with Crippen molar-refractivity contribution >= 4 is 87.6 Å². The summed E-state index contributed by atoms with van der Waals surface area (Å²) in [6.07, 6.45) is -0.555. The Morgan fingerprint density at radius 1 is 1.08 bits per heavy atom. The van der Waals surface area contributed by atoms with Crippen LogP contribution in [0.2, 0.25) is 0 Å². The monoisotopic (exact) mass is 722 g/mol. The van der Waals surface area contributed by atoms with Crippen LogP contribution in [0, 0.1) is 16.8 Å². The summed E-state index contributed by atoms with van der Waals surface area (Å²) in [5, 5.41) is 19.6. The van der Waals surface area contributed by atoms with Crippen LogP contribution in [0.25, 0.3) is 0 Å². The molecule has 0 fully saturated rings. The Labute approximate surface area is 272 Å². The molecule has 1 atom stereocenters. The smallest absolute Gasteiger partial charge is 1.00 e. The molecule has 2 aromatic carbocycles. The van der Waals surface area contributed by atoms with Crippen molar-refractivity contribution in [3.8, 4) is 0 Å². The van der Waals surface area contributed by atoms with Gasteiger partial charge in [-0.05, 0) is 50.1 Å². The Morgan fingerprint density at radius 3 is 1.92 bits per heavy atom. The third-order valence-corrected chi connectivity index (χ3v) is 4.80. The first-order chi connectivity index (χ1) is 16.0. The van der Waals surface area contributed by atoms with Crippen LogP contribution >= 0.6 is 31.9 Å². The maximum absolute atomic E-state index is 13.4. The number of hydrogen-bond acceptors (Lipinski definition) is 8. The van der Waals surface area contributed by atoms with Gasteiger partial charge in [0.15, 0.2) is 6.54 Å². The van der Waals surface area contributed by atoms with Gasteiger partial charge in [0.25, 0.3) is 6.29 Å². The number of hydroxylamine groups is 1. The molecular weight excluding hydrogens is 701 g/mol. The van der Waals surface area contributed by atoms with Gasteiger partial charge in [0.2, 0.25) is 12.0 Å². The van der Waals surface area contributed by atoms with Crippen LogP contribution < -0.4 is 30.7 Å². The average molecular weight is 725 g/mol. The second kappa shape index (κ2) is 24.6. The summed E-state index contributed by atoms with van der Waals surface area (Å²) in [4.78, 5) is 25.0. The molecule has 1 unspecified atom stereocenters. The number of Topliss-reactive ketones (excluding diaryl/α,β-unsaturated/α-hetero) is 1. The second-order valence-electron chi connectivity index (χ2n) is 6.16. The first-order valence-electron chi connectivity index (χ1n) is 9.23. The van der Waals surface area contributed by atoms with Crippen molar-refractivity contribution in [3.63, 3.8) is 0 Å². The van der Waals surface area contributed by atoms with Gasteiger partial charge in [-0.1, -0.05) is 18.2 Å². The normalized spacial score (nSPS) is 10.5. The molecule has 0 saturated carbocycles. The van der Waals surface area contributed by atoms with Crippen molar-refractivity contribution < 1.29 is 67.3 Å². The maximum atomic E-state index is 13.4. The molecule has 0 spiro atoms. The maximum Gasteiger partial charge on any atom is 2.00 e.